The number of carbonyl (C=O) groups excluding carboxylic acids is 1. The second-order valence-corrected chi connectivity index (χ2v) is 6.15. The topological polar surface area (TPSA) is 85.2 Å². The smallest absolute Gasteiger partial charge is 0.251 e. The van der Waals surface area contributed by atoms with Crippen LogP contribution in [0.1, 0.15) is 16.1 Å². The summed E-state index contributed by atoms with van der Waals surface area (Å²) in [4.78, 5) is 23.3. The monoisotopic (exact) mass is 364 g/mol. The predicted molar refractivity (Wildman–Crippen MR) is 99.8 cm³/mol. The van der Waals surface area contributed by atoms with Crippen LogP contribution >= 0.6 is 0 Å². The van der Waals surface area contributed by atoms with Crippen molar-refractivity contribution in [1.29, 1.82) is 0 Å². The molecule has 3 heterocycles. The lowest BCUT2D eigenvalue weighted by Crippen LogP contribution is -2.37. The van der Waals surface area contributed by atoms with Crippen molar-refractivity contribution in [2.45, 2.75) is 6.54 Å². The Morgan fingerprint density at radius 2 is 2.04 bits per heavy atom. The molecule has 1 aliphatic heterocycles. The standard InChI is InChI=1S/C19H20N6O2/c26-19(15-3-1-4-17(11-15)25-6-2-5-23-25)20-13-16-12-18(22-14-21-16)24-7-9-27-10-8-24/h1-6,11-12,14H,7-10,13H2,(H,20,26). The third-order valence-corrected chi connectivity index (χ3v) is 4.35. The van der Waals surface area contributed by atoms with Crippen molar-refractivity contribution >= 4 is 11.7 Å². The second-order valence-electron chi connectivity index (χ2n) is 6.15. The second kappa shape index (κ2) is 7.96. The first-order valence-electron chi connectivity index (χ1n) is 8.81. The van der Waals surface area contributed by atoms with Gasteiger partial charge < -0.3 is 15.0 Å². The first kappa shape index (κ1) is 17.2. The molecule has 8 nitrogen and oxygen atoms in total. The predicted octanol–water partition coefficient (Wildman–Crippen LogP) is 1.43. The number of morpholine rings is 1. The molecule has 2 aromatic heterocycles. The zero-order chi connectivity index (χ0) is 18.5. The van der Waals surface area contributed by atoms with E-state index in [-0.39, 0.29) is 5.91 Å². The summed E-state index contributed by atoms with van der Waals surface area (Å²) in [6.07, 6.45) is 5.07. The zero-order valence-corrected chi connectivity index (χ0v) is 14.8. The number of hydrogen-bond donors (Lipinski definition) is 1. The molecule has 4 rings (SSSR count). The van der Waals surface area contributed by atoms with Crippen LogP contribution in [0.3, 0.4) is 0 Å². The highest BCUT2D eigenvalue weighted by Crippen LogP contribution is 2.13. The summed E-state index contributed by atoms with van der Waals surface area (Å²) in [5, 5.41) is 7.10. The van der Waals surface area contributed by atoms with Crippen LogP contribution in [0.2, 0.25) is 0 Å². The Morgan fingerprint density at radius 3 is 2.85 bits per heavy atom. The molecule has 0 radical (unpaired) electrons. The lowest BCUT2D eigenvalue weighted by Gasteiger charge is -2.27. The molecule has 0 bridgehead atoms. The number of benzene rings is 1. The van der Waals surface area contributed by atoms with Crippen LogP contribution in [0.15, 0.2) is 55.1 Å². The minimum Gasteiger partial charge on any atom is -0.378 e. The van der Waals surface area contributed by atoms with Crippen LogP contribution in [0.5, 0.6) is 0 Å². The molecular weight excluding hydrogens is 344 g/mol. The van der Waals surface area contributed by atoms with E-state index in [1.807, 2.05) is 36.5 Å². The van der Waals surface area contributed by atoms with Crippen LogP contribution in [0.4, 0.5) is 5.82 Å². The van der Waals surface area contributed by atoms with Crippen LogP contribution in [-0.2, 0) is 11.3 Å². The van der Waals surface area contributed by atoms with Crippen LogP contribution < -0.4 is 10.2 Å². The maximum Gasteiger partial charge on any atom is 0.251 e. The number of amides is 1. The molecule has 1 aromatic carbocycles. The van der Waals surface area contributed by atoms with Crippen molar-refractivity contribution in [3.63, 3.8) is 0 Å². The van der Waals surface area contributed by atoms with E-state index in [9.17, 15) is 4.79 Å². The Balaban J connectivity index is 1.41. The van der Waals surface area contributed by atoms with Gasteiger partial charge in [0, 0.05) is 37.1 Å². The molecule has 8 heteroatoms. The summed E-state index contributed by atoms with van der Waals surface area (Å²) in [6, 6.07) is 11.1. The molecule has 0 aliphatic carbocycles. The SMILES string of the molecule is O=C(NCc1cc(N2CCOCC2)ncn1)c1cccc(-n2cccn2)c1. The van der Waals surface area contributed by atoms with Crippen molar-refractivity contribution in [3.8, 4) is 5.69 Å². The molecule has 1 aliphatic rings. The van der Waals surface area contributed by atoms with Gasteiger partial charge in [-0.25, -0.2) is 14.6 Å². The van der Waals surface area contributed by atoms with Crippen molar-refractivity contribution < 1.29 is 9.53 Å². The number of carbonyl (C=O) groups is 1. The fourth-order valence-corrected chi connectivity index (χ4v) is 2.93. The summed E-state index contributed by atoms with van der Waals surface area (Å²) in [7, 11) is 0. The fraction of sp³-hybridized carbons (Fsp3) is 0.263. The average Bonchev–Trinajstić information content (AvgIpc) is 3.28. The molecule has 0 spiro atoms. The van der Waals surface area contributed by atoms with Crippen LogP contribution in [-0.4, -0.2) is 52.0 Å². The van der Waals surface area contributed by atoms with E-state index in [2.05, 4.69) is 25.3 Å². The van der Waals surface area contributed by atoms with E-state index in [0.717, 1.165) is 30.3 Å². The molecular formula is C19H20N6O2. The van der Waals surface area contributed by atoms with E-state index >= 15 is 0 Å². The summed E-state index contributed by atoms with van der Waals surface area (Å²) >= 11 is 0. The quantitative estimate of drug-likeness (QED) is 0.737. The van der Waals surface area contributed by atoms with Crippen molar-refractivity contribution in [2.75, 3.05) is 31.2 Å². The van der Waals surface area contributed by atoms with Gasteiger partial charge in [-0.15, -0.1) is 0 Å². The highest BCUT2D eigenvalue weighted by molar-refractivity contribution is 5.94. The molecule has 138 valence electrons. The average molecular weight is 364 g/mol. The van der Waals surface area contributed by atoms with E-state index in [1.54, 1.807) is 16.9 Å². The molecule has 27 heavy (non-hydrogen) atoms. The minimum atomic E-state index is -0.157. The van der Waals surface area contributed by atoms with Crippen LogP contribution in [0, 0.1) is 0 Å². The van der Waals surface area contributed by atoms with Crippen molar-refractivity contribution in [1.82, 2.24) is 25.1 Å². The first-order valence-corrected chi connectivity index (χ1v) is 8.81. The number of aromatic nitrogens is 4. The maximum atomic E-state index is 12.5. The molecule has 1 fully saturated rings. The Bertz CT molecular complexity index is 906. The Labute approximate surface area is 156 Å². The molecule has 1 saturated heterocycles. The fourth-order valence-electron chi connectivity index (χ4n) is 2.93. The van der Waals surface area contributed by atoms with E-state index in [4.69, 9.17) is 4.74 Å². The first-order chi connectivity index (χ1) is 13.3. The van der Waals surface area contributed by atoms with Crippen LogP contribution in [0.25, 0.3) is 5.69 Å². The Hall–Kier alpha value is -3.26. The number of rotatable bonds is 5. The summed E-state index contributed by atoms with van der Waals surface area (Å²) in [5.74, 6) is 0.703. The number of hydrogen-bond acceptors (Lipinski definition) is 6. The lowest BCUT2D eigenvalue weighted by atomic mass is 10.2. The van der Waals surface area contributed by atoms with Gasteiger partial charge in [-0.1, -0.05) is 6.07 Å². The summed E-state index contributed by atoms with van der Waals surface area (Å²) < 4.78 is 7.09. The molecule has 3 aromatic rings. The minimum absolute atomic E-state index is 0.157. The summed E-state index contributed by atoms with van der Waals surface area (Å²) in [6.45, 7) is 3.35. The molecule has 1 N–H and O–H groups in total. The molecule has 0 atom stereocenters. The van der Waals surface area contributed by atoms with E-state index in [1.165, 1.54) is 6.33 Å². The maximum absolute atomic E-state index is 12.5. The van der Waals surface area contributed by atoms with E-state index in [0.29, 0.717) is 25.3 Å². The zero-order valence-electron chi connectivity index (χ0n) is 14.8. The van der Waals surface area contributed by atoms with Gasteiger partial charge in [0.2, 0.25) is 0 Å². The lowest BCUT2D eigenvalue weighted by molar-refractivity contribution is 0.0950. The van der Waals surface area contributed by atoms with Gasteiger partial charge in [0.25, 0.3) is 5.91 Å². The normalized spacial score (nSPS) is 14.1. The number of nitrogens with one attached hydrogen (secondary N) is 1. The van der Waals surface area contributed by atoms with Crippen molar-refractivity contribution in [3.05, 3.63) is 66.4 Å². The van der Waals surface area contributed by atoms with Gasteiger partial charge in [-0.3, -0.25) is 4.79 Å². The van der Waals surface area contributed by atoms with Gasteiger partial charge in [0.05, 0.1) is 31.1 Å². The van der Waals surface area contributed by atoms with Crippen molar-refractivity contribution in [2.24, 2.45) is 0 Å². The highest BCUT2D eigenvalue weighted by atomic mass is 16.5. The number of nitrogens with zero attached hydrogens (tertiary/aromatic N) is 5. The van der Waals surface area contributed by atoms with Gasteiger partial charge in [0.15, 0.2) is 0 Å². The highest BCUT2D eigenvalue weighted by Gasteiger charge is 2.13. The van der Waals surface area contributed by atoms with Gasteiger partial charge >= 0.3 is 0 Å². The third kappa shape index (κ3) is 4.12. The molecule has 0 unspecified atom stereocenters. The summed E-state index contributed by atoms with van der Waals surface area (Å²) in [5.41, 5.74) is 2.18. The third-order valence-electron chi connectivity index (χ3n) is 4.35. The molecule has 0 saturated carbocycles. The Morgan fingerprint density at radius 1 is 1.15 bits per heavy atom. The van der Waals surface area contributed by atoms with E-state index < -0.39 is 0 Å². The van der Waals surface area contributed by atoms with Gasteiger partial charge in [0.1, 0.15) is 12.1 Å². The largest absolute Gasteiger partial charge is 0.378 e. The Kier molecular flexibility index (Phi) is 5.06. The molecule has 1 amide bonds. The van der Waals surface area contributed by atoms with Gasteiger partial charge in [-0.2, -0.15) is 5.10 Å². The number of anilines is 1. The number of ether oxygens (including phenoxy) is 1. The van der Waals surface area contributed by atoms with Gasteiger partial charge in [-0.05, 0) is 24.3 Å².